The van der Waals surface area contributed by atoms with Crippen molar-refractivity contribution in [3.05, 3.63) is 48.3 Å². The molecule has 6 heteroatoms. The van der Waals surface area contributed by atoms with Crippen LogP contribution in [0, 0.1) is 0 Å². The molecule has 1 aromatic carbocycles. The molecule has 1 fully saturated rings. The average Bonchev–Trinajstić information content (AvgIpc) is 3.09. The van der Waals surface area contributed by atoms with E-state index in [0.29, 0.717) is 19.6 Å². The molecule has 1 N–H and O–H groups in total. The molecule has 1 atom stereocenters. The zero-order chi connectivity index (χ0) is 16.9. The van der Waals surface area contributed by atoms with Crippen molar-refractivity contribution in [2.75, 3.05) is 26.7 Å². The summed E-state index contributed by atoms with van der Waals surface area (Å²) in [6.45, 7) is 2.40. The van der Waals surface area contributed by atoms with Crippen LogP contribution in [0.3, 0.4) is 0 Å². The lowest BCUT2D eigenvalue weighted by Crippen LogP contribution is -2.44. The highest BCUT2D eigenvalue weighted by molar-refractivity contribution is 5.78. The highest BCUT2D eigenvalue weighted by Gasteiger charge is 2.21. The standard InChI is InChI=1S/C18H24N4O2/c1-20(18(24)14-21-9-3-7-17(23)13-21)12-15-5-2-6-16(11-15)22-10-4-8-19-22/h2,4-6,8,10-11,17,23H,3,7,9,12-14H2,1H3/t17-/m0/s1. The third-order valence-electron chi connectivity index (χ3n) is 4.36. The Balaban J connectivity index is 1.59. The maximum Gasteiger partial charge on any atom is 0.236 e. The molecule has 0 aliphatic carbocycles. The molecule has 6 nitrogen and oxygen atoms in total. The Labute approximate surface area is 142 Å². The summed E-state index contributed by atoms with van der Waals surface area (Å²) in [4.78, 5) is 16.2. The molecule has 0 radical (unpaired) electrons. The molecule has 3 rings (SSSR count). The zero-order valence-electron chi connectivity index (χ0n) is 14.0. The molecule has 128 valence electrons. The number of nitrogens with zero attached hydrogens (tertiary/aromatic N) is 4. The van der Waals surface area contributed by atoms with Gasteiger partial charge < -0.3 is 10.0 Å². The number of piperidine rings is 1. The Kier molecular flexibility index (Phi) is 5.27. The van der Waals surface area contributed by atoms with Crippen LogP contribution in [0.4, 0.5) is 0 Å². The highest BCUT2D eigenvalue weighted by Crippen LogP contribution is 2.13. The fourth-order valence-corrected chi connectivity index (χ4v) is 3.07. The van der Waals surface area contributed by atoms with Crippen LogP contribution in [0.1, 0.15) is 18.4 Å². The summed E-state index contributed by atoms with van der Waals surface area (Å²) in [6.07, 6.45) is 5.12. The second-order valence-electron chi connectivity index (χ2n) is 6.40. The summed E-state index contributed by atoms with van der Waals surface area (Å²) in [6, 6.07) is 9.91. The number of hydrogen-bond acceptors (Lipinski definition) is 4. The summed E-state index contributed by atoms with van der Waals surface area (Å²) in [5.74, 6) is 0.0774. The second kappa shape index (κ2) is 7.59. The van der Waals surface area contributed by atoms with E-state index in [1.54, 1.807) is 15.8 Å². The second-order valence-corrected chi connectivity index (χ2v) is 6.40. The summed E-state index contributed by atoms with van der Waals surface area (Å²) < 4.78 is 1.81. The maximum atomic E-state index is 12.4. The number of aliphatic hydroxyl groups is 1. The van der Waals surface area contributed by atoms with Crippen molar-refractivity contribution in [1.29, 1.82) is 0 Å². The Morgan fingerprint density at radius 3 is 3.04 bits per heavy atom. The van der Waals surface area contributed by atoms with E-state index in [2.05, 4.69) is 5.10 Å². The zero-order valence-corrected chi connectivity index (χ0v) is 14.0. The normalized spacial score (nSPS) is 18.5. The van der Waals surface area contributed by atoms with Gasteiger partial charge in [0.05, 0.1) is 18.3 Å². The largest absolute Gasteiger partial charge is 0.392 e. The molecule has 2 heterocycles. The Morgan fingerprint density at radius 2 is 2.29 bits per heavy atom. The quantitative estimate of drug-likeness (QED) is 0.898. The summed E-state index contributed by atoms with van der Waals surface area (Å²) in [5.41, 5.74) is 2.05. The van der Waals surface area contributed by atoms with Crippen LogP contribution >= 0.6 is 0 Å². The van der Waals surface area contributed by atoms with E-state index in [9.17, 15) is 9.90 Å². The summed E-state index contributed by atoms with van der Waals surface area (Å²) >= 11 is 0. The minimum absolute atomic E-state index is 0.0774. The SMILES string of the molecule is CN(Cc1cccc(-n2cccn2)c1)C(=O)CN1CCC[C@H](O)C1. The first-order valence-electron chi connectivity index (χ1n) is 8.35. The van der Waals surface area contributed by atoms with Gasteiger partial charge in [0, 0.05) is 32.5 Å². The van der Waals surface area contributed by atoms with E-state index in [0.717, 1.165) is 30.6 Å². The number of hydrogen-bond donors (Lipinski definition) is 1. The number of benzene rings is 1. The lowest BCUT2D eigenvalue weighted by molar-refractivity contribution is -0.132. The van der Waals surface area contributed by atoms with Crippen molar-refractivity contribution in [1.82, 2.24) is 19.6 Å². The number of likely N-dealkylation sites (tertiary alicyclic amines) is 1. The number of carbonyl (C=O) groups is 1. The summed E-state index contributed by atoms with van der Waals surface area (Å²) in [5, 5.41) is 13.9. The fraction of sp³-hybridized carbons (Fsp3) is 0.444. The van der Waals surface area contributed by atoms with Gasteiger partial charge in [-0.2, -0.15) is 5.10 Å². The minimum Gasteiger partial charge on any atom is -0.392 e. The summed E-state index contributed by atoms with van der Waals surface area (Å²) in [7, 11) is 1.82. The van der Waals surface area contributed by atoms with Crippen molar-refractivity contribution in [3.8, 4) is 5.69 Å². The number of likely N-dealkylation sites (N-methyl/N-ethyl adjacent to an activating group) is 1. The molecule has 1 aromatic heterocycles. The minimum atomic E-state index is -0.303. The number of aliphatic hydroxyl groups excluding tert-OH is 1. The van der Waals surface area contributed by atoms with Crippen LogP contribution in [0.2, 0.25) is 0 Å². The molecule has 0 bridgehead atoms. The molecule has 1 aliphatic heterocycles. The van der Waals surface area contributed by atoms with Crippen LogP contribution in [-0.4, -0.2) is 63.4 Å². The van der Waals surface area contributed by atoms with Gasteiger partial charge in [0.2, 0.25) is 5.91 Å². The lowest BCUT2D eigenvalue weighted by atomic mass is 10.1. The molecule has 0 spiro atoms. The van der Waals surface area contributed by atoms with Gasteiger partial charge in [-0.05, 0) is 43.1 Å². The van der Waals surface area contributed by atoms with Gasteiger partial charge in [-0.15, -0.1) is 0 Å². The van der Waals surface area contributed by atoms with Crippen molar-refractivity contribution < 1.29 is 9.90 Å². The molecule has 1 saturated heterocycles. The van der Waals surface area contributed by atoms with Crippen LogP contribution in [0.5, 0.6) is 0 Å². The lowest BCUT2D eigenvalue weighted by Gasteiger charge is -2.30. The van der Waals surface area contributed by atoms with E-state index in [1.165, 1.54) is 0 Å². The Morgan fingerprint density at radius 1 is 1.42 bits per heavy atom. The van der Waals surface area contributed by atoms with Gasteiger partial charge in [-0.1, -0.05) is 12.1 Å². The van der Waals surface area contributed by atoms with E-state index in [-0.39, 0.29) is 12.0 Å². The smallest absolute Gasteiger partial charge is 0.236 e. The third-order valence-corrected chi connectivity index (χ3v) is 4.36. The van der Waals surface area contributed by atoms with Crippen molar-refractivity contribution in [3.63, 3.8) is 0 Å². The van der Waals surface area contributed by atoms with Crippen molar-refractivity contribution in [2.24, 2.45) is 0 Å². The Hall–Kier alpha value is -2.18. The predicted octanol–water partition coefficient (Wildman–Crippen LogP) is 1.29. The first kappa shape index (κ1) is 16.7. The number of β-amino-alcohol motifs (C(OH)–C–C–N with tert-alkyl or cyclic N) is 1. The number of rotatable bonds is 5. The monoisotopic (exact) mass is 328 g/mol. The molecule has 0 unspecified atom stereocenters. The van der Waals surface area contributed by atoms with Crippen molar-refractivity contribution >= 4 is 5.91 Å². The molecular weight excluding hydrogens is 304 g/mol. The van der Waals surface area contributed by atoms with Crippen LogP contribution < -0.4 is 0 Å². The molecule has 0 saturated carbocycles. The van der Waals surface area contributed by atoms with Gasteiger partial charge in [0.25, 0.3) is 0 Å². The first-order valence-corrected chi connectivity index (χ1v) is 8.35. The van der Waals surface area contributed by atoms with E-state index >= 15 is 0 Å². The van der Waals surface area contributed by atoms with Gasteiger partial charge in [-0.25, -0.2) is 4.68 Å². The molecule has 2 aromatic rings. The van der Waals surface area contributed by atoms with Gasteiger partial charge in [0.1, 0.15) is 0 Å². The van der Waals surface area contributed by atoms with Crippen molar-refractivity contribution in [2.45, 2.75) is 25.5 Å². The molecule has 24 heavy (non-hydrogen) atoms. The van der Waals surface area contributed by atoms with Gasteiger partial charge in [-0.3, -0.25) is 9.69 Å². The van der Waals surface area contributed by atoms with Gasteiger partial charge >= 0.3 is 0 Å². The molecule has 1 aliphatic rings. The highest BCUT2D eigenvalue weighted by atomic mass is 16.3. The van der Waals surface area contributed by atoms with E-state index in [4.69, 9.17) is 0 Å². The average molecular weight is 328 g/mol. The van der Waals surface area contributed by atoms with Crippen LogP contribution in [0.15, 0.2) is 42.7 Å². The number of aromatic nitrogens is 2. The molecular formula is C18H24N4O2. The topological polar surface area (TPSA) is 61.6 Å². The number of carbonyl (C=O) groups excluding carboxylic acids is 1. The van der Waals surface area contributed by atoms with Crippen LogP contribution in [0.25, 0.3) is 5.69 Å². The molecule has 1 amide bonds. The fourth-order valence-electron chi connectivity index (χ4n) is 3.07. The third kappa shape index (κ3) is 4.21. The first-order chi connectivity index (χ1) is 11.6. The van der Waals surface area contributed by atoms with E-state index < -0.39 is 0 Å². The Bertz CT molecular complexity index is 671. The van der Waals surface area contributed by atoms with Gasteiger partial charge in [0.15, 0.2) is 0 Å². The predicted molar refractivity (Wildman–Crippen MR) is 91.7 cm³/mol. The van der Waals surface area contributed by atoms with E-state index in [1.807, 2.05) is 48.5 Å². The van der Waals surface area contributed by atoms with Crippen LogP contribution in [-0.2, 0) is 11.3 Å². The maximum absolute atomic E-state index is 12.4. The number of amides is 1.